The second-order valence-electron chi connectivity index (χ2n) is 2.88. The smallest absolute Gasteiger partial charge is 0.396 e. The molecule has 1 rings (SSSR count). The van der Waals surface area contributed by atoms with Crippen molar-refractivity contribution in [3.8, 4) is 5.88 Å². The third-order valence-corrected chi connectivity index (χ3v) is 1.83. The van der Waals surface area contributed by atoms with Gasteiger partial charge in [-0.1, -0.05) is 0 Å². The monoisotopic (exact) mass is 224 g/mol. The molecule has 6 nitrogen and oxygen atoms in total. The summed E-state index contributed by atoms with van der Waals surface area (Å²) < 4.78 is 9.17. The maximum atomic E-state index is 11.1. The summed E-state index contributed by atoms with van der Waals surface area (Å²) in [5.41, 5.74) is 0.782. The number of aromatic nitrogens is 1. The predicted octanol–water partition coefficient (Wildman–Crippen LogP) is -0.121. The third-order valence-electron chi connectivity index (χ3n) is 1.83. The van der Waals surface area contributed by atoms with Crippen LogP contribution in [-0.4, -0.2) is 31.1 Å². The Kier molecular flexibility index (Phi) is 4.26. The molecule has 0 aliphatic rings. The van der Waals surface area contributed by atoms with Gasteiger partial charge in [-0.25, -0.2) is 9.78 Å². The van der Waals surface area contributed by atoms with Crippen LogP contribution in [0, 0.1) is 0 Å². The Hall–Kier alpha value is -2.11. The number of carbonyl (C=O) groups excluding carboxylic acids is 2. The van der Waals surface area contributed by atoms with E-state index < -0.39 is 11.9 Å². The van der Waals surface area contributed by atoms with Crippen LogP contribution in [-0.2, 0) is 20.9 Å². The van der Waals surface area contributed by atoms with Crippen LogP contribution in [0.15, 0.2) is 18.3 Å². The Morgan fingerprint density at radius 3 is 2.81 bits per heavy atom. The minimum absolute atomic E-state index is 0.215. The van der Waals surface area contributed by atoms with E-state index in [0.29, 0.717) is 5.88 Å². The molecule has 1 heterocycles. The standard InChI is InChI=1S/C10H12N2O4/c1-15-8-5-7(3-4-11-8)6-12-9(13)10(14)16-2/h3-5H,6H2,1-2H3,(H,12,13). The van der Waals surface area contributed by atoms with Crippen LogP contribution in [0.5, 0.6) is 5.88 Å². The zero-order chi connectivity index (χ0) is 12.0. The molecule has 0 atom stereocenters. The quantitative estimate of drug-likeness (QED) is 0.572. The summed E-state index contributed by atoms with van der Waals surface area (Å²) >= 11 is 0. The summed E-state index contributed by atoms with van der Waals surface area (Å²) in [6, 6.07) is 3.37. The van der Waals surface area contributed by atoms with E-state index in [4.69, 9.17) is 4.74 Å². The highest BCUT2D eigenvalue weighted by atomic mass is 16.5. The average molecular weight is 224 g/mol. The van der Waals surface area contributed by atoms with Crippen molar-refractivity contribution >= 4 is 11.9 Å². The van der Waals surface area contributed by atoms with Gasteiger partial charge in [0, 0.05) is 18.8 Å². The van der Waals surface area contributed by atoms with Crippen LogP contribution in [0.2, 0.25) is 0 Å². The lowest BCUT2D eigenvalue weighted by Gasteiger charge is -2.04. The maximum absolute atomic E-state index is 11.1. The number of pyridine rings is 1. The molecule has 0 bridgehead atoms. The summed E-state index contributed by atoms with van der Waals surface area (Å²) in [6.45, 7) is 0.215. The van der Waals surface area contributed by atoms with E-state index in [-0.39, 0.29) is 6.54 Å². The second-order valence-corrected chi connectivity index (χ2v) is 2.88. The first kappa shape index (κ1) is 12.0. The lowest BCUT2D eigenvalue weighted by Crippen LogP contribution is -2.31. The van der Waals surface area contributed by atoms with Crippen LogP contribution in [0.25, 0.3) is 0 Å². The summed E-state index contributed by atoms with van der Waals surface area (Å²) in [5, 5.41) is 2.40. The number of nitrogens with one attached hydrogen (secondary N) is 1. The minimum atomic E-state index is -0.916. The Morgan fingerprint density at radius 1 is 1.44 bits per heavy atom. The van der Waals surface area contributed by atoms with Gasteiger partial charge in [0.1, 0.15) is 0 Å². The molecular formula is C10H12N2O4. The number of hydrogen-bond donors (Lipinski definition) is 1. The van der Waals surface area contributed by atoms with Gasteiger partial charge in [0.15, 0.2) is 0 Å². The van der Waals surface area contributed by atoms with Crippen LogP contribution in [0.4, 0.5) is 0 Å². The Balaban J connectivity index is 2.54. The van der Waals surface area contributed by atoms with Gasteiger partial charge in [0.05, 0.1) is 14.2 Å². The Labute approximate surface area is 92.6 Å². The van der Waals surface area contributed by atoms with E-state index in [1.165, 1.54) is 7.11 Å². The first-order valence-corrected chi connectivity index (χ1v) is 4.52. The molecule has 16 heavy (non-hydrogen) atoms. The van der Waals surface area contributed by atoms with Crippen molar-refractivity contribution in [3.63, 3.8) is 0 Å². The van der Waals surface area contributed by atoms with Crippen LogP contribution in [0.1, 0.15) is 5.56 Å². The van der Waals surface area contributed by atoms with E-state index in [0.717, 1.165) is 12.7 Å². The number of carbonyl (C=O) groups is 2. The van der Waals surface area contributed by atoms with Crippen molar-refractivity contribution in [2.75, 3.05) is 14.2 Å². The van der Waals surface area contributed by atoms with E-state index in [2.05, 4.69) is 15.0 Å². The lowest BCUT2D eigenvalue weighted by molar-refractivity contribution is -0.152. The number of hydrogen-bond acceptors (Lipinski definition) is 5. The average Bonchev–Trinajstić information content (AvgIpc) is 2.35. The fourth-order valence-corrected chi connectivity index (χ4v) is 1.02. The molecule has 0 aromatic carbocycles. The van der Waals surface area contributed by atoms with Gasteiger partial charge in [-0.05, 0) is 11.6 Å². The van der Waals surface area contributed by atoms with Gasteiger partial charge >= 0.3 is 11.9 Å². The molecule has 0 unspecified atom stereocenters. The molecule has 0 spiro atoms. The highest BCUT2D eigenvalue weighted by Gasteiger charge is 2.12. The van der Waals surface area contributed by atoms with Crippen molar-refractivity contribution in [1.82, 2.24) is 10.3 Å². The SMILES string of the molecule is COC(=O)C(=O)NCc1ccnc(OC)c1. The van der Waals surface area contributed by atoms with E-state index in [9.17, 15) is 9.59 Å². The first-order chi connectivity index (χ1) is 7.67. The fraction of sp³-hybridized carbons (Fsp3) is 0.300. The molecule has 0 saturated heterocycles. The topological polar surface area (TPSA) is 77.5 Å². The number of rotatable bonds is 3. The zero-order valence-electron chi connectivity index (χ0n) is 9.02. The number of ether oxygens (including phenoxy) is 2. The predicted molar refractivity (Wildman–Crippen MR) is 54.7 cm³/mol. The van der Waals surface area contributed by atoms with Gasteiger partial charge in [0.25, 0.3) is 0 Å². The summed E-state index contributed by atoms with van der Waals surface area (Å²) in [7, 11) is 2.65. The second kappa shape index (κ2) is 5.69. The largest absolute Gasteiger partial charge is 0.481 e. The fourth-order valence-electron chi connectivity index (χ4n) is 1.02. The molecule has 0 aliphatic carbocycles. The van der Waals surface area contributed by atoms with Gasteiger partial charge in [-0.2, -0.15) is 0 Å². The number of amides is 1. The number of methoxy groups -OCH3 is 2. The van der Waals surface area contributed by atoms with Gasteiger partial charge in [0.2, 0.25) is 5.88 Å². The molecule has 86 valence electrons. The van der Waals surface area contributed by atoms with E-state index >= 15 is 0 Å². The molecule has 6 heteroatoms. The minimum Gasteiger partial charge on any atom is -0.481 e. The molecule has 1 N–H and O–H groups in total. The highest BCUT2D eigenvalue weighted by molar-refractivity contribution is 6.32. The molecule has 0 saturated carbocycles. The maximum Gasteiger partial charge on any atom is 0.396 e. The lowest BCUT2D eigenvalue weighted by atomic mass is 10.2. The van der Waals surface area contributed by atoms with E-state index in [1.54, 1.807) is 18.3 Å². The third kappa shape index (κ3) is 3.23. The molecule has 1 amide bonds. The van der Waals surface area contributed by atoms with Crippen LogP contribution < -0.4 is 10.1 Å². The number of nitrogens with zero attached hydrogens (tertiary/aromatic N) is 1. The molecular weight excluding hydrogens is 212 g/mol. The van der Waals surface area contributed by atoms with Gasteiger partial charge in [-0.3, -0.25) is 4.79 Å². The molecule has 0 radical (unpaired) electrons. The Bertz CT molecular complexity index is 392. The Morgan fingerprint density at radius 2 is 2.19 bits per heavy atom. The van der Waals surface area contributed by atoms with Crippen LogP contribution >= 0.6 is 0 Å². The summed E-state index contributed by atoms with van der Waals surface area (Å²) in [6.07, 6.45) is 1.55. The van der Waals surface area contributed by atoms with Crippen molar-refractivity contribution in [3.05, 3.63) is 23.9 Å². The van der Waals surface area contributed by atoms with Crippen molar-refractivity contribution in [1.29, 1.82) is 0 Å². The van der Waals surface area contributed by atoms with Crippen LogP contribution in [0.3, 0.4) is 0 Å². The first-order valence-electron chi connectivity index (χ1n) is 4.52. The summed E-state index contributed by atoms with van der Waals surface area (Å²) in [4.78, 5) is 25.8. The molecule has 1 aromatic heterocycles. The molecule has 1 aromatic rings. The highest BCUT2D eigenvalue weighted by Crippen LogP contribution is 2.07. The van der Waals surface area contributed by atoms with E-state index in [1.807, 2.05) is 0 Å². The van der Waals surface area contributed by atoms with Crippen molar-refractivity contribution in [2.24, 2.45) is 0 Å². The van der Waals surface area contributed by atoms with Crippen molar-refractivity contribution < 1.29 is 19.1 Å². The normalized spacial score (nSPS) is 9.38. The molecule has 0 fully saturated rings. The van der Waals surface area contributed by atoms with Gasteiger partial charge < -0.3 is 14.8 Å². The van der Waals surface area contributed by atoms with Crippen molar-refractivity contribution in [2.45, 2.75) is 6.54 Å². The zero-order valence-corrected chi connectivity index (χ0v) is 9.02. The number of esters is 1. The summed E-state index contributed by atoms with van der Waals surface area (Å²) in [5.74, 6) is -1.25. The van der Waals surface area contributed by atoms with Gasteiger partial charge in [-0.15, -0.1) is 0 Å². The molecule has 0 aliphatic heterocycles.